The molecule has 0 radical (unpaired) electrons. The molecule has 2 heterocycles. The second-order valence-corrected chi connectivity index (χ2v) is 9.65. The van der Waals surface area contributed by atoms with Crippen LogP contribution in [0.1, 0.15) is 41.7 Å². The minimum Gasteiger partial charge on any atom is -0.370 e. The Balaban J connectivity index is 1.71. The van der Waals surface area contributed by atoms with Gasteiger partial charge in [0.15, 0.2) is 0 Å². The fourth-order valence-electron chi connectivity index (χ4n) is 4.75. The number of hydrogen-bond acceptors (Lipinski definition) is 4. The molecule has 4 nitrogen and oxygen atoms in total. The Morgan fingerprint density at radius 1 is 0.829 bits per heavy atom. The lowest BCUT2D eigenvalue weighted by Crippen LogP contribution is -2.34. The van der Waals surface area contributed by atoms with E-state index in [0.29, 0.717) is 31.7 Å². The minimum atomic E-state index is -0.338. The van der Waals surface area contributed by atoms with Gasteiger partial charge in [-0.1, -0.05) is 91.0 Å². The molecule has 0 spiro atoms. The molecule has 0 atom stereocenters. The molecule has 4 heteroatoms. The third kappa shape index (κ3) is 4.96. The van der Waals surface area contributed by atoms with E-state index in [1.54, 1.807) is 0 Å². The van der Waals surface area contributed by atoms with Gasteiger partial charge in [-0.05, 0) is 30.5 Å². The van der Waals surface area contributed by atoms with E-state index < -0.39 is 0 Å². The van der Waals surface area contributed by atoms with Crippen molar-refractivity contribution in [2.75, 3.05) is 4.90 Å². The van der Waals surface area contributed by atoms with E-state index in [-0.39, 0.29) is 5.60 Å². The fraction of sp³-hybridized carbons (Fsp3) is 0.226. The van der Waals surface area contributed by atoms with Crippen LogP contribution in [0.25, 0.3) is 11.3 Å². The number of nitrogens with zero attached hydrogens (tertiary/aromatic N) is 3. The average molecular weight is 460 g/mol. The Labute approximate surface area is 207 Å². The summed E-state index contributed by atoms with van der Waals surface area (Å²) in [6.45, 7) is 5.94. The maximum absolute atomic E-state index is 10.4. The van der Waals surface area contributed by atoms with Gasteiger partial charge in [-0.15, -0.1) is 0 Å². The smallest absolute Gasteiger partial charge is 0.148 e. The molecule has 35 heavy (non-hydrogen) atoms. The van der Waals surface area contributed by atoms with Crippen LogP contribution in [0, 0.1) is 11.3 Å². The van der Waals surface area contributed by atoms with Gasteiger partial charge in [0.25, 0.3) is 0 Å². The first kappa shape index (κ1) is 22.8. The van der Waals surface area contributed by atoms with Crippen molar-refractivity contribution in [2.45, 2.75) is 45.6 Å². The lowest BCUT2D eigenvalue weighted by molar-refractivity contribution is -0.0400. The number of ether oxygens (including phenoxy) is 1. The molecule has 0 saturated carbocycles. The van der Waals surface area contributed by atoms with Gasteiger partial charge in [-0.2, -0.15) is 5.26 Å². The van der Waals surface area contributed by atoms with E-state index in [1.807, 2.05) is 30.3 Å². The number of hydrogen-bond donors (Lipinski definition) is 0. The number of fused-ring (bicyclic) bond motifs is 1. The molecule has 0 aliphatic carbocycles. The summed E-state index contributed by atoms with van der Waals surface area (Å²) in [6, 6.07) is 33.5. The van der Waals surface area contributed by atoms with E-state index in [9.17, 15) is 5.26 Å². The van der Waals surface area contributed by atoms with Gasteiger partial charge in [0.1, 0.15) is 11.9 Å². The van der Waals surface area contributed by atoms with Crippen LogP contribution < -0.4 is 4.90 Å². The zero-order chi connectivity index (χ0) is 24.3. The van der Waals surface area contributed by atoms with Crippen LogP contribution in [0.2, 0.25) is 0 Å². The highest BCUT2D eigenvalue weighted by molar-refractivity contribution is 5.73. The van der Waals surface area contributed by atoms with E-state index in [0.717, 1.165) is 28.2 Å². The largest absolute Gasteiger partial charge is 0.370 e. The van der Waals surface area contributed by atoms with Crippen molar-refractivity contribution >= 4 is 5.82 Å². The molecule has 0 N–H and O–H groups in total. The van der Waals surface area contributed by atoms with Crippen LogP contribution in [-0.4, -0.2) is 10.6 Å². The molecule has 4 aromatic rings. The minimum absolute atomic E-state index is 0.338. The van der Waals surface area contributed by atoms with Crippen molar-refractivity contribution in [3.05, 3.63) is 119 Å². The van der Waals surface area contributed by atoms with Crippen molar-refractivity contribution in [3.8, 4) is 17.3 Å². The Hall–Kier alpha value is -3.94. The quantitative estimate of drug-likeness (QED) is 0.323. The predicted octanol–water partition coefficient (Wildman–Crippen LogP) is 6.68. The lowest BCUT2D eigenvalue weighted by atomic mass is 9.86. The van der Waals surface area contributed by atoms with Crippen molar-refractivity contribution in [1.29, 1.82) is 5.26 Å². The maximum atomic E-state index is 10.4. The Morgan fingerprint density at radius 3 is 1.91 bits per heavy atom. The predicted molar refractivity (Wildman–Crippen MR) is 140 cm³/mol. The van der Waals surface area contributed by atoms with Gasteiger partial charge in [-0.3, -0.25) is 0 Å². The first-order chi connectivity index (χ1) is 17.0. The second-order valence-electron chi connectivity index (χ2n) is 9.65. The molecule has 3 aromatic carbocycles. The van der Waals surface area contributed by atoms with E-state index in [2.05, 4.69) is 85.5 Å². The zero-order valence-corrected chi connectivity index (χ0v) is 20.2. The van der Waals surface area contributed by atoms with Gasteiger partial charge in [0.2, 0.25) is 0 Å². The van der Waals surface area contributed by atoms with Gasteiger partial charge in [0, 0.05) is 30.6 Å². The second kappa shape index (κ2) is 9.74. The molecule has 0 bridgehead atoms. The van der Waals surface area contributed by atoms with Gasteiger partial charge >= 0.3 is 0 Å². The fourth-order valence-corrected chi connectivity index (χ4v) is 4.75. The Morgan fingerprint density at radius 2 is 1.37 bits per heavy atom. The molecule has 0 amide bonds. The number of pyridine rings is 1. The van der Waals surface area contributed by atoms with E-state index >= 15 is 0 Å². The molecule has 1 aliphatic heterocycles. The highest BCUT2D eigenvalue weighted by atomic mass is 16.5. The first-order valence-corrected chi connectivity index (χ1v) is 12.0. The summed E-state index contributed by atoms with van der Waals surface area (Å²) in [7, 11) is 0. The van der Waals surface area contributed by atoms with Gasteiger partial charge < -0.3 is 9.64 Å². The van der Waals surface area contributed by atoms with Crippen LogP contribution in [0.4, 0.5) is 5.82 Å². The number of anilines is 1. The number of rotatable bonds is 6. The molecule has 1 aliphatic rings. The highest BCUT2D eigenvalue weighted by Crippen LogP contribution is 2.39. The Kier molecular flexibility index (Phi) is 6.35. The van der Waals surface area contributed by atoms with Gasteiger partial charge in [0.05, 0.1) is 23.5 Å². The molecule has 0 fully saturated rings. The van der Waals surface area contributed by atoms with Gasteiger partial charge in [-0.25, -0.2) is 4.98 Å². The Bertz CT molecular complexity index is 1300. The van der Waals surface area contributed by atoms with Crippen molar-refractivity contribution in [2.24, 2.45) is 0 Å². The third-order valence-corrected chi connectivity index (χ3v) is 6.49. The van der Waals surface area contributed by atoms with Crippen molar-refractivity contribution in [1.82, 2.24) is 4.98 Å². The van der Waals surface area contributed by atoms with Crippen LogP contribution >= 0.6 is 0 Å². The summed E-state index contributed by atoms with van der Waals surface area (Å²) in [5.41, 5.74) is 6.69. The SMILES string of the molecule is CC1(C)Cc2c(C#N)c(N(Cc3ccccc3)Cc3ccccc3)nc(-c3ccccc3)c2CO1. The number of benzene rings is 3. The van der Waals surface area contributed by atoms with Crippen LogP contribution in [-0.2, 0) is 30.9 Å². The summed E-state index contributed by atoms with van der Waals surface area (Å²) in [5.74, 6) is 0.732. The first-order valence-electron chi connectivity index (χ1n) is 12.0. The number of aromatic nitrogens is 1. The molecule has 1 aromatic heterocycles. The van der Waals surface area contributed by atoms with Crippen LogP contribution in [0.15, 0.2) is 91.0 Å². The lowest BCUT2D eigenvalue weighted by Gasteiger charge is -2.35. The van der Waals surface area contributed by atoms with E-state index in [1.165, 1.54) is 11.1 Å². The zero-order valence-electron chi connectivity index (χ0n) is 20.2. The molecular weight excluding hydrogens is 430 g/mol. The third-order valence-electron chi connectivity index (χ3n) is 6.49. The monoisotopic (exact) mass is 459 g/mol. The van der Waals surface area contributed by atoms with Crippen molar-refractivity contribution in [3.63, 3.8) is 0 Å². The summed E-state index contributed by atoms with van der Waals surface area (Å²) in [6.07, 6.45) is 0.672. The number of nitriles is 1. The summed E-state index contributed by atoms with van der Waals surface area (Å²) < 4.78 is 6.18. The highest BCUT2D eigenvalue weighted by Gasteiger charge is 2.33. The summed E-state index contributed by atoms with van der Waals surface area (Å²) in [4.78, 5) is 7.43. The molecule has 5 rings (SSSR count). The molecule has 0 unspecified atom stereocenters. The average Bonchev–Trinajstić information content (AvgIpc) is 2.88. The molecule has 174 valence electrons. The summed E-state index contributed by atoms with van der Waals surface area (Å²) >= 11 is 0. The summed E-state index contributed by atoms with van der Waals surface area (Å²) in [5, 5.41) is 10.4. The standard InChI is InChI=1S/C31H29N3O/c1-31(2)18-26-27(19-32)30(33-29(28(26)22-35-31)25-16-10-5-11-17-25)34(20-23-12-6-3-7-13-23)21-24-14-8-4-9-15-24/h3-17H,18,20-22H2,1-2H3. The molecular formula is C31H29N3O. The van der Waals surface area contributed by atoms with Crippen LogP contribution in [0.3, 0.4) is 0 Å². The normalized spacial score (nSPS) is 14.1. The molecule has 0 saturated heterocycles. The van der Waals surface area contributed by atoms with E-state index in [4.69, 9.17) is 9.72 Å². The maximum Gasteiger partial charge on any atom is 0.148 e. The van der Waals surface area contributed by atoms with Crippen molar-refractivity contribution < 1.29 is 4.74 Å². The topological polar surface area (TPSA) is 49.2 Å². The van der Waals surface area contributed by atoms with Crippen LogP contribution in [0.5, 0.6) is 0 Å².